The smallest absolute Gasteiger partial charge is 0.446 e. The molecule has 0 aliphatic carbocycles. The predicted octanol–water partition coefficient (Wildman–Crippen LogP) is 4.63. The quantitative estimate of drug-likeness (QED) is 0.768. The monoisotopic (exact) mass is 356 g/mol. The van der Waals surface area contributed by atoms with E-state index < -0.39 is 11.5 Å². The molecule has 0 aliphatic heterocycles. The molecule has 2 amide bonds. The largest absolute Gasteiger partial charge is 0.497 e. The summed E-state index contributed by atoms with van der Waals surface area (Å²) in [5.74, 6) is 0.722. The molecule has 128 valence electrons. The highest BCUT2D eigenvalue weighted by molar-refractivity contribution is 8.00. The summed E-state index contributed by atoms with van der Waals surface area (Å²) in [5.41, 5.74) is -3.03. The van der Waals surface area contributed by atoms with Crippen LogP contribution in [0.3, 0.4) is 0 Å². The minimum absolute atomic E-state index is 0.0618. The number of thioether (sulfide) groups is 1. The number of carbonyl (C=O) groups excluding carboxylic acids is 1. The zero-order valence-electron chi connectivity index (χ0n) is 12.7. The molecule has 0 atom stereocenters. The fourth-order valence-electron chi connectivity index (χ4n) is 1.84. The average molecular weight is 356 g/mol. The number of rotatable bonds is 5. The van der Waals surface area contributed by atoms with Crippen molar-refractivity contribution in [1.82, 2.24) is 5.32 Å². The van der Waals surface area contributed by atoms with Crippen LogP contribution in [-0.4, -0.2) is 18.6 Å². The molecule has 0 aliphatic rings. The first-order valence-electron chi connectivity index (χ1n) is 6.89. The van der Waals surface area contributed by atoms with Gasteiger partial charge in [-0.3, -0.25) is 0 Å². The molecule has 0 aromatic heterocycles. The van der Waals surface area contributed by atoms with Crippen LogP contribution in [0.1, 0.15) is 5.56 Å². The fraction of sp³-hybridized carbons (Fsp3) is 0.188. The number of nitrogens with one attached hydrogen (secondary N) is 2. The molecular formula is C16H15F3N2O2S. The number of ether oxygens (including phenoxy) is 1. The number of methoxy groups -OCH3 is 1. The van der Waals surface area contributed by atoms with Crippen LogP contribution >= 0.6 is 11.8 Å². The van der Waals surface area contributed by atoms with Crippen LogP contribution in [0.4, 0.5) is 23.7 Å². The molecule has 0 fully saturated rings. The second kappa shape index (κ2) is 7.96. The van der Waals surface area contributed by atoms with Crippen LogP contribution in [0.25, 0.3) is 0 Å². The highest BCUT2D eigenvalue weighted by atomic mass is 32.2. The maximum Gasteiger partial charge on any atom is 0.446 e. The van der Waals surface area contributed by atoms with Crippen molar-refractivity contribution >= 4 is 23.5 Å². The minimum atomic E-state index is -4.33. The molecule has 2 rings (SSSR count). The van der Waals surface area contributed by atoms with E-state index in [4.69, 9.17) is 4.74 Å². The van der Waals surface area contributed by atoms with E-state index >= 15 is 0 Å². The average Bonchev–Trinajstić information content (AvgIpc) is 2.54. The number of carbonyl (C=O) groups is 1. The molecule has 8 heteroatoms. The van der Waals surface area contributed by atoms with Gasteiger partial charge < -0.3 is 15.4 Å². The van der Waals surface area contributed by atoms with Crippen molar-refractivity contribution in [3.63, 3.8) is 0 Å². The normalized spacial score (nSPS) is 11.0. The minimum Gasteiger partial charge on any atom is -0.497 e. The standard InChI is InChI=1S/C16H15F3N2O2S/c1-23-13-6-2-11(3-7-13)10-20-15(22)21-12-4-8-14(9-5-12)24-16(17,18)19/h2-9H,10H2,1H3,(H2,20,21,22). The van der Waals surface area contributed by atoms with E-state index in [9.17, 15) is 18.0 Å². The van der Waals surface area contributed by atoms with Gasteiger partial charge in [-0.15, -0.1) is 0 Å². The van der Waals surface area contributed by atoms with Gasteiger partial charge in [0.2, 0.25) is 0 Å². The Morgan fingerprint density at radius 2 is 1.71 bits per heavy atom. The van der Waals surface area contributed by atoms with E-state index in [1.54, 1.807) is 19.2 Å². The third-order valence-corrected chi connectivity index (χ3v) is 3.70. The van der Waals surface area contributed by atoms with E-state index in [1.165, 1.54) is 24.3 Å². The van der Waals surface area contributed by atoms with Crippen LogP contribution in [0.5, 0.6) is 5.75 Å². The zero-order valence-corrected chi connectivity index (χ0v) is 13.5. The van der Waals surface area contributed by atoms with E-state index in [2.05, 4.69) is 10.6 Å². The van der Waals surface area contributed by atoms with Gasteiger partial charge in [0.15, 0.2) is 0 Å². The van der Waals surface area contributed by atoms with Crippen LogP contribution in [0.15, 0.2) is 53.4 Å². The summed E-state index contributed by atoms with van der Waals surface area (Å²) in [4.78, 5) is 11.9. The first-order valence-corrected chi connectivity index (χ1v) is 7.71. The second-order valence-electron chi connectivity index (χ2n) is 4.73. The van der Waals surface area contributed by atoms with Crippen molar-refractivity contribution in [1.29, 1.82) is 0 Å². The molecule has 2 aromatic carbocycles. The van der Waals surface area contributed by atoms with Crippen molar-refractivity contribution in [2.24, 2.45) is 0 Å². The summed E-state index contributed by atoms with van der Waals surface area (Å²) in [6.07, 6.45) is 0. The lowest BCUT2D eigenvalue weighted by Gasteiger charge is -2.09. The highest BCUT2D eigenvalue weighted by Gasteiger charge is 2.28. The lowest BCUT2D eigenvalue weighted by Crippen LogP contribution is -2.28. The Labute approximate surface area is 141 Å². The molecule has 0 unspecified atom stereocenters. The lowest BCUT2D eigenvalue weighted by atomic mass is 10.2. The Morgan fingerprint density at radius 1 is 1.08 bits per heavy atom. The third-order valence-electron chi connectivity index (χ3n) is 2.96. The van der Waals surface area contributed by atoms with Gasteiger partial charge in [0, 0.05) is 17.1 Å². The number of anilines is 1. The van der Waals surface area contributed by atoms with Gasteiger partial charge in [0.25, 0.3) is 0 Å². The number of urea groups is 1. The molecule has 0 heterocycles. The summed E-state index contributed by atoms with van der Waals surface area (Å²) in [6.45, 7) is 0.317. The summed E-state index contributed by atoms with van der Waals surface area (Å²) < 4.78 is 41.8. The van der Waals surface area contributed by atoms with Crippen LogP contribution in [0.2, 0.25) is 0 Å². The fourth-order valence-corrected chi connectivity index (χ4v) is 2.38. The van der Waals surface area contributed by atoms with E-state index in [-0.39, 0.29) is 16.7 Å². The van der Waals surface area contributed by atoms with E-state index in [0.717, 1.165) is 11.3 Å². The lowest BCUT2D eigenvalue weighted by molar-refractivity contribution is -0.0328. The van der Waals surface area contributed by atoms with Gasteiger partial charge in [-0.05, 0) is 53.7 Å². The Hall–Kier alpha value is -2.35. The van der Waals surface area contributed by atoms with Gasteiger partial charge >= 0.3 is 11.5 Å². The zero-order chi connectivity index (χ0) is 17.6. The molecule has 2 aromatic rings. The van der Waals surface area contributed by atoms with Gasteiger partial charge in [-0.25, -0.2) is 4.79 Å². The van der Waals surface area contributed by atoms with Crippen LogP contribution < -0.4 is 15.4 Å². The Bertz CT molecular complexity index is 673. The molecule has 0 saturated carbocycles. The molecule has 0 saturated heterocycles. The molecule has 0 bridgehead atoms. The third kappa shape index (κ3) is 6.04. The molecular weight excluding hydrogens is 341 g/mol. The number of benzene rings is 2. The molecule has 0 spiro atoms. The molecule has 4 nitrogen and oxygen atoms in total. The Morgan fingerprint density at radius 3 is 2.25 bits per heavy atom. The van der Waals surface area contributed by atoms with Crippen molar-refractivity contribution in [3.8, 4) is 5.75 Å². The van der Waals surface area contributed by atoms with Crippen molar-refractivity contribution in [3.05, 3.63) is 54.1 Å². The van der Waals surface area contributed by atoms with Gasteiger partial charge in [0.1, 0.15) is 5.75 Å². The first kappa shape index (κ1) is 18.0. The molecule has 2 N–H and O–H groups in total. The second-order valence-corrected chi connectivity index (χ2v) is 5.87. The van der Waals surface area contributed by atoms with Crippen molar-refractivity contribution in [2.45, 2.75) is 16.9 Å². The van der Waals surface area contributed by atoms with Crippen molar-refractivity contribution < 1.29 is 22.7 Å². The Balaban J connectivity index is 1.83. The Kier molecular flexibility index (Phi) is 5.97. The molecule has 24 heavy (non-hydrogen) atoms. The van der Waals surface area contributed by atoms with Gasteiger partial charge in [-0.2, -0.15) is 13.2 Å². The van der Waals surface area contributed by atoms with Gasteiger partial charge in [0.05, 0.1) is 7.11 Å². The number of hydrogen-bond acceptors (Lipinski definition) is 3. The topological polar surface area (TPSA) is 50.4 Å². The van der Waals surface area contributed by atoms with E-state index in [1.807, 2.05) is 12.1 Å². The summed E-state index contributed by atoms with van der Waals surface area (Å²) in [6, 6.07) is 12.2. The number of alkyl halides is 3. The van der Waals surface area contributed by atoms with Crippen LogP contribution in [-0.2, 0) is 6.54 Å². The molecule has 0 radical (unpaired) electrons. The van der Waals surface area contributed by atoms with E-state index in [0.29, 0.717) is 12.2 Å². The summed E-state index contributed by atoms with van der Waals surface area (Å²) >= 11 is -0.200. The predicted molar refractivity (Wildman–Crippen MR) is 87.2 cm³/mol. The summed E-state index contributed by atoms with van der Waals surface area (Å²) in [7, 11) is 1.57. The number of halogens is 3. The van der Waals surface area contributed by atoms with Crippen LogP contribution in [0, 0.1) is 0 Å². The SMILES string of the molecule is COc1ccc(CNC(=O)Nc2ccc(SC(F)(F)F)cc2)cc1. The maximum absolute atomic E-state index is 12.2. The van der Waals surface area contributed by atoms with Crippen molar-refractivity contribution in [2.75, 3.05) is 12.4 Å². The number of amides is 2. The summed E-state index contributed by atoms with van der Waals surface area (Å²) in [5, 5.41) is 5.22. The number of hydrogen-bond donors (Lipinski definition) is 2. The first-order chi connectivity index (χ1) is 11.4. The maximum atomic E-state index is 12.2. The van der Waals surface area contributed by atoms with Gasteiger partial charge in [-0.1, -0.05) is 12.1 Å². The highest BCUT2D eigenvalue weighted by Crippen LogP contribution is 2.36.